The van der Waals surface area contributed by atoms with Gasteiger partial charge in [0.2, 0.25) is 6.23 Å². The summed E-state index contributed by atoms with van der Waals surface area (Å²) in [6.07, 6.45) is 6.43. The molecule has 0 bridgehead atoms. The third-order valence-corrected chi connectivity index (χ3v) is 5.92. The van der Waals surface area contributed by atoms with Gasteiger partial charge in [-0.3, -0.25) is 4.65 Å². The van der Waals surface area contributed by atoms with Crippen molar-refractivity contribution >= 4 is 16.5 Å². The van der Waals surface area contributed by atoms with Crippen LogP contribution in [0.5, 0.6) is 0 Å². The molecule has 2 fully saturated rings. The van der Waals surface area contributed by atoms with E-state index in [4.69, 9.17) is 0 Å². The van der Waals surface area contributed by atoms with Crippen molar-refractivity contribution in [2.24, 2.45) is 0 Å². The molecule has 3 rings (SSSR count). The van der Waals surface area contributed by atoms with Crippen LogP contribution in [-0.2, 0) is 0 Å². The molecule has 1 aromatic heterocycles. The Kier molecular flexibility index (Phi) is 4.56. The first-order valence-corrected chi connectivity index (χ1v) is 8.78. The Labute approximate surface area is 129 Å². The lowest BCUT2D eigenvalue weighted by Crippen LogP contribution is -2.48. The van der Waals surface area contributed by atoms with Gasteiger partial charge >= 0.3 is 5.13 Å². The summed E-state index contributed by atoms with van der Waals surface area (Å²) in [6, 6.07) is 0. The normalized spacial score (nSPS) is 32.4. The van der Waals surface area contributed by atoms with E-state index in [-0.39, 0.29) is 6.67 Å². The molecule has 0 spiro atoms. The van der Waals surface area contributed by atoms with Crippen molar-refractivity contribution in [3.63, 3.8) is 0 Å². The zero-order chi connectivity index (χ0) is 14.9. The molecule has 2 unspecified atom stereocenters. The number of likely N-dealkylation sites (N-methyl/N-ethyl adjacent to an activating group) is 1. The van der Waals surface area contributed by atoms with Gasteiger partial charge in [0.25, 0.3) is 0 Å². The predicted octanol–water partition coefficient (Wildman–Crippen LogP) is 2.39. The molecule has 0 aromatic carbocycles. The molecule has 1 aliphatic carbocycles. The van der Waals surface area contributed by atoms with Crippen LogP contribution in [0.3, 0.4) is 0 Å². The number of nitrogens with zero attached hydrogens (tertiary/aromatic N) is 4. The second kappa shape index (κ2) is 6.26. The van der Waals surface area contributed by atoms with Gasteiger partial charge in [0.15, 0.2) is 0 Å². The fourth-order valence-corrected chi connectivity index (χ4v) is 4.39. The molecule has 7 heteroatoms. The summed E-state index contributed by atoms with van der Waals surface area (Å²) in [5.41, 5.74) is 0. The lowest BCUT2D eigenvalue weighted by atomic mass is 10.0. The molecule has 118 valence electrons. The van der Waals surface area contributed by atoms with Crippen molar-refractivity contribution in [3.8, 4) is 0 Å². The molecule has 2 heterocycles. The number of rotatable bonds is 3. The van der Waals surface area contributed by atoms with Crippen molar-refractivity contribution in [2.75, 3.05) is 19.8 Å². The Morgan fingerprint density at radius 2 is 2.00 bits per heavy atom. The highest BCUT2D eigenvalue weighted by molar-refractivity contribution is 7.15. The van der Waals surface area contributed by atoms with Crippen molar-refractivity contribution in [1.82, 2.24) is 19.7 Å². The van der Waals surface area contributed by atoms with Crippen molar-refractivity contribution in [3.05, 3.63) is 10.2 Å². The first-order valence-electron chi connectivity index (χ1n) is 7.96. The SMILES string of the molecule is CCN1CC(O)[N+]([O-])(c2nnc(C3CCCCCC3)s2)C1. The maximum absolute atomic E-state index is 12.9. The van der Waals surface area contributed by atoms with Crippen molar-refractivity contribution in [1.29, 1.82) is 0 Å². The molecule has 2 aliphatic rings. The van der Waals surface area contributed by atoms with E-state index in [0.717, 1.165) is 24.4 Å². The molecule has 1 saturated heterocycles. The van der Waals surface area contributed by atoms with Crippen molar-refractivity contribution < 1.29 is 5.11 Å². The first-order chi connectivity index (χ1) is 10.1. The fourth-order valence-electron chi connectivity index (χ4n) is 3.30. The van der Waals surface area contributed by atoms with E-state index in [1.54, 1.807) is 0 Å². The van der Waals surface area contributed by atoms with Crippen molar-refractivity contribution in [2.45, 2.75) is 57.6 Å². The number of hydrogen-bond donors (Lipinski definition) is 1. The summed E-state index contributed by atoms with van der Waals surface area (Å²) in [5.74, 6) is 0.451. The third-order valence-electron chi connectivity index (χ3n) is 4.72. The fraction of sp³-hybridized carbons (Fsp3) is 0.857. The quantitative estimate of drug-likeness (QED) is 0.527. The highest BCUT2D eigenvalue weighted by Gasteiger charge is 2.42. The Balaban J connectivity index is 1.77. The minimum Gasteiger partial charge on any atom is -0.623 e. The van der Waals surface area contributed by atoms with Gasteiger partial charge < -0.3 is 10.3 Å². The number of quaternary nitrogens is 1. The number of aliphatic hydroxyl groups excluding tert-OH is 1. The summed E-state index contributed by atoms with van der Waals surface area (Å²) < 4.78 is -0.752. The monoisotopic (exact) mass is 312 g/mol. The molecule has 1 aliphatic heterocycles. The van der Waals surface area contributed by atoms with Gasteiger partial charge in [0.05, 0.1) is 6.54 Å². The number of aliphatic hydroxyl groups is 1. The summed E-state index contributed by atoms with van der Waals surface area (Å²) in [4.78, 5) is 1.96. The topological polar surface area (TPSA) is 72.3 Å². The zero-order valence-corrected chi connectivity index (χ0v) is 13.4. The summed E-state index contributed by atoms with van der Waals surface area (Å²) in [5, 5.41) is 32.9. The van der Waals surface area contributed by atoms with Crippen LogP contribution in [0.1, 0.15) is 56.4 Å². The predicted molar refractivity (Wildman–Crippen MR) is 83.6 cm³/mol. The van der Waals surface area contributed by atoms with Crippen LogP contribution in [-0.4, -0.2) is 46.2 Å². The molecule has 6 nitrogen and oxygen atoms in total. The van der Waals surface area contributed by atoms with E-state index in [2.05, 4.69) is 10.2 Å². The second-order valence-electron chi connectivity index (χ2n) is 6.20. The summed E-state index contributed by atoms with van der Waals surface area (Å²) >= 11 is 1.41. The standard InChI is InChI=1S/C14H24N4O2S/c1-2-17-9-12(19)18(20,10-17)14-16-15-13(21-14)11-7-5-3-4-6-8-11/h11-12,19H,2-10H2,1H3. The smallest absolute Gasteiger partial charge is 0.309 e. The average Bonchev–Trinajstić information content (AvgIpc) is 2.97. The van der Waals surface area contributed by atoms with Crippen LogP contribution < -0.4 is 4.65 Å². The minimum atomic E-state index is -0.945. The Morgan fingerprint density at radius 1 is 1.29 bits per heavy atom. The zero-order valence-electron chi connectivity index (χ0n) is 12.6. The summed E-state index contributed by atoms with van der Waals surface area (Å²) in [7, 11) is 0. The highest BCUT2D eigenvalue weighted by atomic mass is 32.1. The van der Waals surface area contributed by atoms with Gasteiger partial charge in [0, 0.05) is 12.5 Å². The molecule has 0 amide bonds. The van der Waals surface area contributed by atoms with Crippen LogP contribution in [0.15, 0.2) is 0 Å². The van der Waals surface area contributed by atoms with Crippen LogP contribution in [0, 0.1) is 5.21 Å². The van der Waals surface area contributed by atoms with E-state index < -0.39 is 10.9 Å². The van der Waals surface area contributed by atoms with E-state index in [1.807, 2.05) is 11.8 Å². The Bertz CT molecular complexity index is 475. The minimum absolute atomic E-state index is 0.275. The molecule has 1 aromatic rings. The lowest BCUT2D eigenvalue weighted by molar-refractivity contribution is 0.0843. The molecule has 1 N–H and O–H groups in total. The van der Waals surface area contributed by atoms with Gasteiger partial charge in [-0.05, 0) is 24.2 Å². The molecule has 1 saturated carbocycles. The number of β-amino-alcohol motifs (C(OH)–C–C–N with tert-alkyl or cyclic N) is 1. The number of aromatic nitrogens is 2. The molecule has 2 atom stereocenters. The van der Waals surface area contributed by atoms with E-state index in [9.17, 15) is 10.3 Å². The highest BCUT2D eigenvalue weighted by Crippen LogP contribution is 2.38. The van der Waals surface area contributed by atoms with Gasteiger partial charge in [0.1, 0.15) is 11.7 Å². The third kappa shape index (κ3) is 2.98. The molecule has 0 radical (unpaired) electrons. The second-order valence-corrected chi connectivity index (χ2v) is 7.19. The largest absolute Gasteiger partial charge is 0.623 e. The lowest BCUT2D eigenvalue weighted by Gasteiger charge is -2.36. The Hall–Kier alpha value is -0.600. The van der Waals surface area contributed by atoms with Crippen LogP contribution in [0.25, 0.3) is 0 Å². The van der Waals surface area contributed by atoms with E-state index >= 15 is 0 Å². The van der Waals surface area contributed by atoms with Gasteiger partial charge in [-0.2, -0.15) is 0 Å². The van der Waals surface area contributed by atoms with Gasteiger partial charge in [-0.15, -0.1) is 5.10 Å². The van der Waals surface area contributed by atoms with Gasteiger partial charge in [-0.1, -0.05) is 37.7 Å². The van der Waals surface area contributed by atoms with E-state index in [0.29, 0.717) is 17.6 Å². The molecular formula is C14H24N4O2S. The Morgan fingerprint density at radius 3 is 2.62 bits per heavy atom. The maximum atomic E-state index is 12.9. The first kappa shape index (κ1) is 15.3. The summed E-state index contributed by atoms with van der Waals surface area (Å²) in [6.45, 7) is 3.46. The van der Waals surface area contributed by atoms with Gasteiger partial charge in [-0.25, -0.2) is 4.90 Å². The average molecular weight is 312 g/mol. The van der Waals surface area contributed by atoms with E-state index in [1.165, 1.54) is 37.0 Å². The van der Waals surface area contributed by atoms with Crippen LogP contribution in [0.2, 0.25) is 0 Å². The number of hydroxylamine groups is 2. The molecular weight excluding hydrogens is 288 g/mol. The maximum Gasteiger partial charge on any atom is 0.309 e. The van der Waals surface area contributed by atoms with Crippen LogP contribution >= 0.6 is 11.3 Å². The van der Waals surface area contributed by atoms with Crippen LogP contribution in [0.4, 0.5) is 5.13 Å². The molecule has 21 heavy (non-hydrogen) atoms. The number of hydrogen-bond acceptors (Lipinski definition) is 6.